The van der Waals surface area contributed by atoms with Crippen molar-refractivity contribution in [3.8, 4) is 27.9 Å². The summed E-state index contributed by atoms with van der Waals surface area (Å²) in [6, 6.07) is 63.8. The molecule has 3 heterocycles. The third-order valence-electron chi connectivity index (χ3n) is 10.5. The van der Waals surface area contributed by atoms with Crippen LogP contribution in [0.1, 0.15) is 0 Å². The average molecular weight is 636 g/mol. The Morgan fingerprint density at radius 3 is 1.62 bits per heavy atom. The molecule has 0 amide bonds. The SMILES string of the molecule is c1ccc(-n2c3ccccc3c3cc(-c4ccc(-c5ccc6c(c5)c5cc7ccccc7cc5c5nc7ccccc7n65)cc4)ccc32)cc1. The maximum absolute atomic E-state index is 5.13. The molecule has 8 aromatic carbocycles. The molecule has 0 radical (unpaired) electrons. The number of nitrogens with zero attached hydrogens (tertiary/aromatic N) is 3. The van der Waals surface area contributed by atoms with Crippen LogP contribution in [0.4, 0.5) is 0 Å². The highest BCUT2D eigenvalue weighted by atomic mass is 15.0. The van der Waals surface area contributed by atoms with Crippen molar-refractivity contribution < 1.29 is 0 Å². The summed E-state index contributed by atoms with van der Waals surface area (Å²) in [5, 5.41) is 8.61. The zero-order valence-corrected chi connectivity index (χ0v) is 27.1. The Labute approximate surface area is 287 Å². The number of hydrogen-bond acceptors (Lipinski definition) is 1. The molecule has 0 aliphatic heterocycles. The van der Waals surface area contributed by atoms with Gasteiger partial charge in [-0.15, -0.1) is 0 Å². The number of rotatable bonds is 3. The molecular formula is C47H29N3. The molecule has 0 spiro atoms. The van der Waals surface area contributed by atoms with Gasteiger partial charge in [0.15, 0.2) is 0 Å². The van der Waals surface area contributed by atoms with E-state index >= 15 is 0 Å². The number of benzene rings is 8. The highest BCUT2D eigenvalue weighted by Crippen LogP contribution is 2.38. The first-order valence-corrected chi connectivity index (χ1v) is 17.1. The molecule has 0 fully saturated rings. The first-order chi connectivity index (χ1) is 24.8. The van der Waals surface area contributed by atoms with E-state index in [0.717, 1.165) is 16.7 Å². The van der Waals surface area contributed by atoms with Gasteiger partial charge in [-0.25, -0.2) is 4.98 Å². The van der Waals surface area contributed by atoms with E-state index in [2.05, 4.69) is 185 Å². The second kappa shape index (κ2) is 10.4. The first-order valence-electron chi connectivity index (χ1n) is 17.1. The minimum atomic E-state index is 1.00. The molecule has 0 aliphatic rings. The predicted octanol–water partition coefficient (Wildman–Crippen LogP) is 12.4. The molecule has 11 aromatic rings. The van der Waals surface area contributed by atoms with E-state index < -0.39 is 0 Å². The summed E-state index contributed by atoms with van der Waals surface area (Å²) in [6.07, 6.45) is 0. The van der Waals surface area contributed by atoms with Crippen molar-refractivity contribution in [2.45, 2.75) is 0 Å². The summed E-state index contributed by atoms with van der Waals surface area (Å²) in [5.41, 5.74) is 12.7. The summed E-state index contributed by atoms with van der Waals surface area (Å²) in [5.74, 6) is 0. The highest BCUT2D eigenvalue weighted by molar-refractivity contribution is 6.18. The van der Waals surface area contributed by atoms with Crippen molar-refractivity contribution in [3.05, 3.63) is 176 Å². The minimum absolute atomic E-state index is 1.00. The summed E-state index contributed by atoms with van der Waals surface area (Å²) in [4.78, 5) is 5.13. The molecule has 3 heteroatoms. The summed E-state index contributed by atoms with van der Waals surface area (Å²) < 4.78 is 4.70. The van der Waals surface area contributed by atoms with Crippen LogP contribution in [0.2, 0.25) is 0 Å². The molecule has 232 valence electrons. The van der Waals surface area contributed by atoms with E-state index in [1.54, 1.807) is 0 Å². The van der Waals surface area contributed by atoms with Gasteiger partial charge in [-0.1, -0.05) is 109 Å². The first kappa shape index (κ1) is 27.3. The Morgan fingerprint density at radius 2 is 0.880 bits per heavy atom. The van der Waals surface area contributed by atoms with Gasteiger partial charge >= 0.3 is 0 Å². The van der Waals surface area contributed by atoms with Gasteiger partial charge in [-0.2, -0.15) is 0 Å². The lowest BCUT2D eigenvalue weighted by molar-refractivity contribution is 1.18. The van der Waals surface area contributed by atoms with Gasteiger partial charge in [0.05, 0.1) is 27.6 Å². The number of aromatic nitrogens is 3. The van der Waals surface area contributed by atoms with Crippen LogP contribution in [-0.4, -0.2) is 14.0 Å². The lowest BCUT2D eigenvalue weighted by atomic mass is 9.96. The summed E-state index contributed by atoms with van der Waals surface area (Å²) in [6.45, 7) is 0. The topological polar surface area (TPSA) is 22.2 Å². The van der Waals surface area contributed by atoms with Crippen LogP contribution in [-0.2, 0) is 0 Å². The monoisotopic (exact) mass is 635 g/mol. The van der Waals surface area contributed by atoms with E-state index in [1.807, 2.05) is 0 Å². The molecule has 0 atom stereocenters. The lowest BCUT2D eigenvalue weighted by Crippen LogP contribution is -1.93. The molecule has 0 saturated heterocycles. The zero-order valence-electron chi connectivity index (χ0n) is 27.1. The van der Waals surface area contributed by atoms with E-state index in [0.29, 0.717) is 0 Å². The third-order valence-corrected chi connectivity index (χ3v) is 10.5. The highest BCUT2D eigenvalue weighted by Gasteiger charge is 2.16. The number of imidazole rings is 1. The van der Waals surface area contributed by atoms with Crippen molar-refractivity contribution in [1.29, 1.82) is 0 Å². The number of hydrogen-bond donors (Lipinski definition) is 0. The van der Waals surface area contributed by atoms with Gasteiger partial charge < -0.3 is 4.57 Å². The molecule has 0 N–H and O–H groups in total. The number of pyridine rings is 1. The number of para-hydroxylation sites is 4. The van der Waals surface area contributed by atoms with Crippen molar-refractivity contribution in [2.75, 3.05) is 0 Å². The normalized spacial score (nSPS) is 12.0. The standard InChI is InChI=1S/C47H29N3/c1-2-12-36(13-3-1)49-43-16-8-6-14-37(43)39-27-34(22-24-44(39)49)30-18-20-31(21-19-30)35-23-25-45-40(28-35)38-26-32-10-4-5-11-33(32)29-41(38)47-48-42-15-7-9-17-46(42)50(45)47/h1-29H. The molecule has 0 aliphatic carbocycles. The van der Waals surface area contributed by atoms with Crippen molar-refractivity contribution in [2.24, 2.45) is 0 Å². The Balaban J connectivity index is 1.06. The molecule has 11 rings (SSSR count). The van der Waals surface area contributed by atoms with Gasteiger partial charge in [0, 0.05) is 27.2 Å². The van der Waals surface area contributed by atoms with Gasteiger partial charge in [-0.05, 0) is 105 Å². The van der Waals surface area contributed by atoms with E-state index in [1.165, 1.54) is 82.2 Å². The third kappa shape index (κ3) is 3.95. The fourth-order valence-electron chi connectivity index (χ4n) is 8.09. The minimum Gasteiger partial charge on any atom is -0.309 e. The maximum atomic E-state index is 5.13. The van der Waals surface area contributed by atoms with E-state index in [9.17, 15) is 0 Å². The fourth-order valence-corrected chi connectivity index (χ4v) is 8.09. The van der Waals surface area contributed by atoms with E-state index in [-0.39, 0.29) is 0 Å². The Bertz CT molecular complexity index is 3130. The van der Waals surface area contributed by atoms with Crippen LogP contribution in [0, 0.1) is 0 Å². The molecule has 0 saturated carbocycles. The Kier molecular flexibility index (Phi) is 5.67. The van der Waals surface area contributed by atoms with Crippen LogP contribution in [0.3, 0.4) is 0 Å². The summed E-state index contributed by atoms with van der Waals surface area (Å²) in [7, 11) is 0. The smallest absolute Gasteiger partial charge is 0.146 e. The van der Waals surface area contributed by atoms with Gasteiger partial charge in [-0.3, -0.25) is 4.40 Å². The van der Waals surface area contributed by atoms with Crippen LogP contribution in [0.5, 0.6) is 0 Å². The Morgan fingerprint density at radius 1 is 0.340 bits per heavy atom. The zero-order chi connectivity index (χ0) is 32.8. The second-order valence-corrected chi connectivity index (χ2v) is 13.2. The largest absolute Gasteiger partial charge is 0.309 e. The lowest BCUT2D eigenvalue weighted by Gasteiger charge is -2.13. The molecule has 0 unspecified atom stereocenters. The second-order valence-electron chi connectivity index (χ2n) is 13.2. The molecule has 3 aromatic heterocycles. The average Bonchev–Trinajstić information content (AvgIpc) is 3.74. The Hall–Kier alpha value is -6.71. The van der Waals surface area contributed by atoms with Crippen LogP contribution in [0.25, 0.3) is 98.9 Å². The van der Waals surface area contributed by atoms with Crippen molar-refractivity contribution >= 4 is 70.9 Å². The molecule has 50 heavy (non-hydrogen) atoms. The van der Waals surface area contributed by atoms with Gasteiger partial charge in [0.1, 0.15) is 5.65 Å². The van der Waals surface area contributed by atoms with Crippen LogP contribution in [0.15, 0.2) is 176 Å². The fraction of sp³-hybridized carbons (Fsp3) is 0. The number of fused-ring (bicyclic) bond motifs is 12. The molecule has 0 bridgehead atoms. The molecular weight excluding hydrogens is 607 g/mol. The van der Waals surface area contributed by atoms with Crippen LogP contribution < -0.4 is 0 Å². The van der Waals surface area contributed by atoms with Crippen molar-refractivity contribution in [3.63, 3.8) is 0 Å². The van der Waals surface area contributed by atoms with Gasteiger partial charge in [0.25, 0.3) is 0 Å². The van der Waals surface area contributed by atoms with E-state index in [4.69, 9.17) is 4.98 Å². The molecule has 3 nitrogen and oxygen atoms in total. The quantitative estimate of drug-likeness (QED) is 0.140. The summed E-state index contributed by atoms with van der Waals surface area (Å²) >= 11 is 0. The predicted molar refractivity (Wildman–Crippen MR) is 210 cm³/mol. The van der Waals surface area contributed by atoms with Gasteiger partial charge in [0.2, 0.25) is 0 Å². The maximum Gasteiger partial charge on any atom is 0.146 e. The van der Waals surface area contributed by atoms with Crippen LogP contribution >= 0.6 is 0 Å². The van der Waals surface area contributed by atoms with Crippen molar-refractivity contribution in [1.82, 2.24) is 14.0 Å².